The lowest BCUT2D eigenvalue weighted by molar-refractivity contribution is -0.136. The van der Waals surface area contributed by atoms with Gasteiger partial charge in [0.05, 0.1) is 7.11 Å². The fourth-order valence-corrected chi connectivity index (χ4v) is 1.89. The zero-order chi connectivity index (χ0) is 11.7. The Hall–Kier alpha value is -0.653. The predicted octanol–water partition coefficient (Wildman–Crippen LogP) is 1.12. The van der Waals surface area contributed by atoms with E-state index in [1.54, 1.807) is 12.6 Å². The molecule has 0 aromatic heterocycles. The van der Waals surface area contributed by atoms with Gasteiger partial charge in [0.2, 0.25) is 0 Å². The molecular weight excluding hydrogens is 212 g/mol. The van der Waals surface area contributed by atoms with Crippen molar-refractivity contribution in [1.29, 1.82) is 0 Å². The van der Waals surface area contributed by atoms with Gasteiger partial charge in [-0.15, -0.1) is 0 Å². The third-order valence-electron chi connectivity index (χ3n) is 1.58. The zero-order valence-corrected chi connectivity index (χ0v) is 10.7. The Morgan fingerprint density at radius 3 is 2.27 bits per heavy atom. The van der Waals surface area contributed by atoms with Gasteiger partial charge in [-0.25, -0.2) is 4.79 Å². The van der Waals surface area contributed by atoms with Crippen molar-refractivity contribution in [2.45, 2.75) is 26.7 Å². The molecule has 5 heteroatoms. The molecule has 0 heterocycles. The summed E-state index contributed by atoms with van der Waals surface area (Å²) in [6.45, 7) is 6.74. The van der Waals surface area contributed by atoms with Crippen molar-refractivity contribution in [3.8, 4) is 0 Å². The Bertz CT molecular complexity index is 209. The number of hydrogen-bond donors (Lipinski definition) is 0. The second-order valence-electron chi connectivity index (χ2n) is 2.73. The average molecular weight is 230 g/mol. The van der Waals surface area contributed by atoms with Gasteiger partial charge in [-0.2, -0.15) is 0 Å². The van der Waals surface area contributed by atoms with Gasteiger partial charge < -0.3 is 14.2 Å². The van der Waals surface area contributed by atoms with Crippen molar-refractivity contribution in [3.63, 3.8) is 0 Å². The van der Waals surface area contributed by atoms with Gasteiger partial charge in [0.25, 0.3) is 0 Å². The molecule has 0 saturated heterocycles. The molecule has 0 saturated carbocycles. The number of carbonyl (C=O) groups excluding carboxylic acids is 1. The van der Waals surface area contributed by atoms with Crippen LogP contribution in [0, 0.1) is 0 Å². The number of rotatable bonds is 7. The predicted molar refractivity (Wildman–Crippen MR) is 58.6 cm³/mol. The van der Waals surface area contributed by atoms with E-state index in [9.17, 15) is 4.79 Å². The summed E-state index contributed by atoms with van der Waals surface area (Å²) in [5, 5.41) is 0. The maximum Gasteiger partial charge on any atom is 0.332 e. The smallest absolute Gasteiger partial charge is 0.332 e. The number of carbonyl (C=O) groups is 1. The summed E-state index contributed by atoms with van der Waals surface area (Å²) in [4.78, 5) is 11.1. The minimum Gasteiger partial charge on any atom is -0.466 e. The number of methoxy groups -OCH3 is 1. The SMILES string of the molecule is CCOC(OCC)[Si]/C=C(\C)C(=O)OC. The molecule has 0 N–H and O–H groups in total. The second-order valence-corrected chi connectivity index (χ2v) is 3.82. The van der Waals surface area contributed by atoms with Gasteiger partial charge in [0.15, 0.2) is 0 Å². The fraction of sp³-hybridized carbons (Fsp3) is 0.700. The first-order valence-corrected chi connectivity index (χ1v) is 6.05. The second kappa shape index (κ2) is 8.64. The largest absolute Gasteiger partial charge is 0.466 e. The maximum atomic E-state index is 11.1. The Morgan fingerprint density at radius 2 is 1.87 bits per heavy atom. The number of ether oxygens (including phenoxy) is 3. The van der Waals surface area contributed by atoms with Crippen LogP contribution in [0.25, 0.3) is 0 Å². The highest BCUT2D eigenvalue weighted by Gasteiger charge is 2.09. The molecule has 15 heavy (non-hydrogen) atoms. The van der Waals surface area contributed by atoms with E-state index in [0.29, 0.717) is 28.3 Å². The third-order valence-corrected chi connectivity index (χ3v) is 2.78. The van der Waals surface area contributed by atoms with Gasteiger partial charge in [-0.1, -0.05) is 5.70 Å². The van der Waals surface area contributed by atoms with E-state index < -0.39 is 0 Å². The van der Waals surface area contributed by atoms with E-state index in [4.69, 9.17) is 9.47 Å². The van der Waals surface area contributed by atoms with Crippen LogP contribution in [0.15, 0.2) is 11.3 Å². The minimum absolute atomic E-state index is 0.250. The van der Waals surface area contributed by atoms with Crippen molar-refractivity contribution in [1.82, 2.24) is 0 Å². The molecule has 0 unspecified atom stereocenters. The van der Waals surface area contributed by atoms with Crippen LogP contribution in [-0.4, -0.2) is 41.7 Å². The van der Waals surface area contributed by atoms with Gasteiger partial charge in [-0.3, -0.25) is 0 Å². The molecule has 0 aromatic carbocycles. The maximum absolute atomic E-state index is 11.1. The van der Waals surface area contributed by atoms with Crippen molar-refractivity contribution in [2.75, 3.05) is 20.3 Å². The van der Waals surface area contributed by atoms with Crippen molar-refractivity contribution in [3.05, 3.63) is 11.3 Å². The highest BCUT2D eigenvalue weighted by molar-refractivity contribution is 6.44. The van der Waals surface area contributed by atoms with Crippen molar-refractivity contribution >= 4 is 15.5 Å². The van der Waals surface area contributed by atoms with E-state index in [0.717, 1.165) is 0 Å². The minimum atomic E-state index is -0.311. The summed E-state index contributed by atoms with van der Waals surface area (Å²) in [7, 11) is 1.67. The van der Waals surface area contributed by atoms with Gasteiger partial charge in [0.1, 0.15) is 15.4 Å². The summed E-state index contributed by atoms with van der Waals surface area (Å²) in [5.41, 5.74) is 2.38. The molecule has 2 radical (unpaired) electrons. The van der Waals surface area contributed by atoms with Gasteiger partial charge in [-0.05, 0) is 20.8 Å². The summed E-state index contributed by atoms with van der Waals surface area (Å²) < 4.78 is 15.3. The zero-order valence-electron chi connectivity index (χ0n) is 9.70. The molecule has 0 spiro atoms. The Kier molecular flexibility index (Phi) is 8.26. The molecule has 0 atom stereocenters. The first kappa shape index (κ1) is 14.3. The standard InChI is InChI=1S/C10H18O4Si/c1-5-13-10(14-6-2)15-7-8(3)9(11)12-4/h7,10H,5-6H2,1-4H3/b8-7+. The summed E-state index contributed by atoms with van der Waals surface area (Å²) >= 11 is 0. The third kappa shape index (κ3) is 6.43. The molecule has 0 rings (SSSR count). The molecule has 0 bridgehead atoms. The molecule has 0 aliphatic carbocycles. The van der Waals surface area contributed by atoms with Gasteiger partial charge in [0, 0.05) is 18.8 Å². The van der Waals surface area contributed by atoms with E-state index in [1.807, 2.05) is 13.8 Å². The van der Waals surface area contributed by atoms with Crippen LogP contribution in [0.5, 0.6) is 0 Å². The number of hydrogen-bond acceptors (Lipinski definition) is 4. The van der Waals surface area contributed by atoms with Crippen LogP contribution >= 0.6 is 0 Å². The fourth-order valence-electron chi connectivity index (χ4n) is 0.860. The van der Waals surface area contributed by atoms with E-state index >= 15 is 0 Å². The Morgan fingerprint density at radius 1 is 1.33 bits per heavy atom. The lowest BCUT2D eigenvalue weighted by atomic mass is 10.4. The van der Waals surface area contributed by atoms with Crippen molar-refractivity contribution < 1.29 is 19.0 Å². The molecule has 0 aliphatic rings. The quantitative estimate of drug-likeness (QED) is 0.284. The molecule has 4 nitrogen and oxygen atoms in total. The van der Waals surface area contributed by atoms with Gasteiger partial charge >= 0.3 is 5.97 Å². The van der Waals surface area contributed by atoms with E-state index in [2.05, 4.69) is 4.74 Å². The van der Waals surface area contributed by atoms with Crippen LogP contribution in [0.4, 0.5) is 0 Å². The topological polar surface area (TPSA) is 44.8 Å². The monoisotopic (exact) mass is 230 g/mol. The van der Waals surface area contributed by atoms with E-state index in [1.165, 1.54) is 7.11 Å². The van der Waals surface area contributed by atoms with Crippen LogP contribution in [0.2, 0.25) is 0 Å². The molecule has 0 amide bonds. The normalized spacial score (nSPS) is 11.9. The molecule has 0 aliphatic heterocycles. The number of esters is 1. The van der Waals surface area contributed by atoms with E-state index in [-0.39, 0.29) is 11.9 Å². The van der Waals surface area contributed by atoms with Crippen LogP contribution in [0.1, 0.15) is 20.8 Å². The molecule has 86 valence electrons. The molecule has 0 fully saturated rings. The van der Waals surface area contributed by atoms with Crippen LogP contribution in [0.3, 0.4) is 0 Å². The average Bonchev–Trinajstić information content (AvgIpc) is 2.25. The summed E-state index contributed by atoms with van der Waals surface area (Å²) in [6.07, 6.45) is 0. The molecular formula is C10H18O4Si. The Balaban J connectivity index is 4.10. The highest BCUT2D eigenvalue weighted by atomic mass is 28.2. The lowest BCUT2D eigenvalue weighted by Crippen LogP contribution is -2.24. The first-order valence-electron chi connectivity index (χ1n) is 4.90. The van der Waals surface area contributed by atoms with Crippen LogP contribution in [-0.2, 0) is 19.0 Å². The lowest BCUT2D eigenvalue weighted by Gasteiger charge is -2.14. The Labute approximate surface area is 93.4 Å². The van der Waals surface area contributed by atoms with Crippen LogP contribution < -0.4 is 0 Å². The summed E-state index contributed by atoms with van der Waals surface area (Å²) in [5.74, 6) is -0.561. The molecule has 0 aromatic rings. The first-order chi connectivity index (χ1) is 7.15. The van der Waals surface area contributed by atoms with Crippen molar-refractivity contribution in [2.24, 2.45) is 0 Å². The summed E-state index contributed by atoms with van der Waals surface area (Å²) in [6, 6.07) is 0. The highest BCUT2D eigenvalue weighted by Crippen LogP contribution is 1.99.